The van der Waals surface area contributed by atoms with Crippen molar-refractivity contribution in [1.29, 1.82) is 0 Å². The number of nitrogens with zero attached hydrogens (tertiary/aromatic N) is 3. The monoisotopic (exact) mass is 645 g/mol. The maximum atomic E-state index is 14.6. The summed E-state index contributed by atoms with van der Waals surface area (Å²) in [4.78, 5) is 35.4. The maximum absolute atomic E-state index is 14.6. The van der Waals surface area contributed by atoms with Gasteiger partial charge >= 0.3 is 6.18 Å². The first-order chi connectivity index (χ1) is 22.0. The molecule has 0 saturated heterocycles. The minimum absolute atomic E-state index is 0.0346. The van der Waals surface area contributed by atoms with Crippen molar-refractivity contribution in [3.05, 3.63) is 119 Å². The Morgan fingerprint density at radius 2 is 1.70 bits per heavy atom. The van der Waals surface area contributed by atoms with Crippen LogP contribution in [0.25, 0.3) is 21.7 Å². The summed E-state index contributed by atoms with van der Waals surface area (Å²) >= 11 is 1.11. The standard InChI is InChI=1S/C33H26F3N5O4S/c1-20-37-18-27(45-20)28-14-15-29(46-28)30(43)40-31-39-24-16-23(38-17-26(42)21-8-4-2-5-9-21)12-13-25(24)41(31)19-32(44,33(34,35)36)22-10-6-3-7-11-22/h2-16,18,38,44H,17,19H2,1H3,(H,39,40,43). The number of aryl methyl sites for hydroxylation is 1. The molecule has 6 aromatic rings. The van der Waals surface area contributed by atoms with E-state index in [1.165, 1.54) is 36.5 Å². The van der Waals surface area contributed by atoms with Crippen molar-refractivity contribution in [1.82, 2.24) is 14.5 Å². The van der Waals surface area contributed by atoms with E-state index in [4.69, 9.17) is 4.42 Å². The number of aromatic nitrogens is 3. The van der Waals surface area contributed by atoms with Gasteiger partial charge in [-0.05, 0) is 35.9 Å². The summed E-state index contributed by atoms with van der Waals surface area (Å²) in [7, 11) is 0. The van der Waals surface area contributed by atoms with E-state index in [1.54, 1.807) is 67.6 Å². The number of benzene rings is 3. The zero-order chi connectivity index (χ0) is 32.5. The van der Waals surface area contributed by atoms with Gasteiger partial charge in [-0.3, -0.25) is 14.9 Å². The van der Waals surface area contributed by atoms with E-state index < -0.39 is 24.2 Å². The number of amides is 1. The Balaban J connectivity index is 1.35. The van der Waals surface area contributed by atoms with Crippen LogP contribution in [0.1, 0.15) is 31.5 Å². The third-order valence-electron chi connectivity index (χ3n) is 7.32. The lowest BCUT2D eigenvalue weighted by Gasteiger charge is -2.32. The zero-order valence-corrected chi connectivity index (χ0v) is 25.0. The molecular formula is C33H26F3N5O4S. The Morgan fingerprint density at radius 1 is 0.978 bits per heavy atom. The molecule has 13 heteroatoms. The molecule has 0 aliphatic carbocycles. The highest BCUT2D eigenvalue weighted by Gasteiger charge is 2.55. The largest absolute Gasteiger partial charge is 0.440 e. The summed E-state index contributed by atoms with van der Waals surface area (Å²) < 4.78 is 50.3. The van der Waals surface area contributed by atoms with E-state index >= 15 is 0 Å². The molecule has 0 saturated carbocycles. The minimum Gasteiger partial charge on any atom is -0.440 e. The van der Waals surface area contributed by atoms with E-state index in [1.807, 2.05) is 0 Å². The second-order valence-electron chi connectivity index (χ2n) is 10.5. The number of anilines is 2. The first-order valence-corrected chi connectivity index (χ1v) is 14.8. The average molecular weight is 646 g/mol. The summed E-state index contributed by atoms with van der Waals surface area (Å²) in [6.45, 7) is 0.654. The second kappa shape index (κ2) is 12.3. The SMILES string of the molecule is Cc1ncc(-c2ccc(C(=O)Nc3nc4cc(NCC(=O)c5ccccc5)ccc4n3CC(O)(c3ccccc3)C(F)(F)F)s2)o1. The van der Waals surface area contributed by atoms with Crippen molar-refractivity contribution < 1.29 is 32.3 Å². The predicted octanol–water partition coefficient (Wildman–Crippen LogP) is 7.06. The van der Waals surface area contributed by atoms with Gasteiger partial charge in [-0.15, -0.1) is 11.3 Å². The molecule has 1 atom stereocenters. The Bertz CT molecular complexity index is 2020. The molecule has 9 nitrogen and oxygen atoms in total. The molecule has 3 N–H and O–H groups in total. The van der Waals surface area contributed by atoms with Crippen LogP contribution in [0.4, 0.5) is 24.8 Å². The number of halogens is 3. The summed E-state index contributed by atoms with van der Waals surface area (Å²) in [6, 6.07) is 23.3. The number of aliphatic hydroxyl groups is 1. The fraction of sp³-hybridized carbons (Fsp3) is 0.152. The number of fused-ring (bicyclic) bond motifs is 1. The zero-order valence-electron chi connectivity index (χ0n) is 24.2. The number of thiophene rings is 1. The molecule has 0 fully saturated rings. The van der Waals surface area contributed by atoms with Crippen LogP contribution in [0.3, 0.4) is 0 Å². The summed E-state index contributed by atoms with van der Waals surface area (Å²) in [5, 5.41) is 16.9. The molecule has 0 aliphatic rings. The van der Waals surface area contributed by atoms with Crippen molar-refractivity contribution >= 4 is 45.7 Å². The molecule has 3 aromatic carbocycles. The molecule has 3 aromatic heterocycles. The van der Waals surface area contributed by atoms with E-state index in [9.17, 15) is 27.9 Å². The van der Waals surface area contributed by atoms with Crippen molar-refractivity contribution in [2.45, 2.75) is 25.2 Å². The third-order valence-corrected chi connectivity index (χ3v) is 8.42. The van der Waals surface area contributed by atoms with Crippen molar-refractivity contribution in [3.8, 4) is 10.6 Å². The number of oxazole rings is 1. The lowest BCUT2D eigenvalue weighted by atomic mass is 9.93. The fourth-order valence-corrected chi connectivity index (χ4v) is 5.77. The normalized spacial score (nSPS) is 13.0. The molecular weight excluding hydrogens is 619 g/mol. The molecule has 46 heavy (non-hydrogen) atoms. The maximum Gasteiger partial charge on any atom is 0.423 e. The van der Waals surface area contributed by atoms with Gasteiger partial charge in [0.1, 0.15) is 0 Å². The highest BCUT2D eigenvalue weighted by Crippen LogP contribution is 2.42. The highest BCUT2D eigenvalue weighted by atomic mass is 32.1. The van der Waals surface area contributed by atoms with Gasteiger partial charge in [-0.1, -0.05) is 60.7 Å². The number of ketones is 1. The van der Waals surface area contributed by atoms with Crippen LogP contribution in [-0.2, 0) is 12.1 Å². The number of rotatable bonds is 10. The van der Waals surface area contributed by atoms with Gasteiger partial charge in [0.25, 0.3) is 5.91 Å². The number of nitrogens with one attached hydrogen (secondary N) is 2. The quantitative estimate of drug-likeness (QED) is 0.136. The summed E-state index contributed by atoms with van der Waals surface area (Å²) in [5.41, 5.74) is -2.23. The first kappa shape index (κ1) is 30.7. The first-order valence-electron chi connectivity index (χ1n) is 14.0. The van der Waals surface area contributed by atoms with Gasteiger partial charge in [-0.25, -0.2) is 9.97 Å². The van der Waals surface area contributed by atoms with Crippen LogP contribution in [-0.4, -0.2) is 44.1 Å². The van der Waals surface area contributed by atoms with Crippen LogP contribution >= 0.6 is 11.3 Å². The van der Waals surface area contributed by atoms with Gasteiger partial charge in [0.05, 0.1) is 40.1 Å². The molecule has 0 bridgehead atoms. The Hall–Kier alpha value is -5.27. The van der Waals surface area contributed by atoms with Gasteiger partial charge in [-0.2, -0.15) is 13.2 Å². The lowest BCUT2D eigenvalue weighted by Crippen LogP contribution is -2.46. The predicted molar refractivity (Wildman–Crippen MR) is 168 cm³/mol. The average Bonchev–Trinajstić information content (AvgIpc) is 3.79. The van der Waals surface area contributed by atoms with Gasteiger partial charge in [0, 0.05) is 18.2 Å². The summed E-state index contributed by atoms with van der Waals surface area (Å²) in [5.74, 6) is -0.0598. The molecule has 234 valence electrons. The van der Waals surface area contributed by atoms with Crippen molar-refractivity contribution in [2.75, 3.05) is 17.2 Å². The molecule has 0 aliphatic heterocycles. The van der Waals surface area contributed by atoms with Crippen molar-refractivity contribution in [3.63, 3.8) is 0 Å². The number of alkyl halides is 3. The van der Waals surface area contributed by atoms with Crippen LogP contribution in [0.5, 0.6) is 0 Å². The van der Waals surface area contributed by atoms with Crippen LogP contribution in [0.15, 0.2) is 102 Å². The summed E-state index contributed by atoms with van der Waals surface area (Å²) in [6.07, 6.45) is -3.55. The lowest BCUT2D eigenvalue weighted by molar-refractivity contribution is -0.271. The number of carbonyl (C=O) groups is 2. The topological polar surface area (TPSA) is 122 Å². The Morgan fingerprint density at radius 3 is 2.37 bits per heavy atom. The van der Waals surface area contributed by atoms with Crippen LogP contribution in [0.2, 0.25) is 0 Å². The number of hydrogen-bond acceptors (Lipinski definition) is 8. The molecule has 1 unspecified atom stereocenters. The van der Waals surface area contributed by atoms with E-state index in [-0.39, 0.29) is 39.8 Å². The number of imidazole rings is 1. The number of Topliss-reactive ketones (excluding diaryl/α,β-unsaturated/α-hetero) is 1. The molecule has 1 amide bonds. The number of hydrogen-bond donors (Lipinski definition) is 3. The van der Waals surface area contributed by atoms with Crippen LogP contribution in [0, 0.1) is 6.92 Å². The van der Waals surface area contributed by atoms with E-state index in [2.05, 4.69) is 20.6 Å². The fourth-order valence-electron chi connectivity index (χ4n) is 4.92. The van der Waals surface area contributed by atoms with E-state index in [0.717, 1.165) is 15.9 Å². The van der Waals surface area contributed by atoms with Crippen LogP contribution < -0.4 is 10.6 Å². The van der Waals surface area contributed by atoms with Gasteiger partial charge in [0.2, 0.25) is 11.5 Å². The smallest absolute Gasteiger partial charge is 0.423 e. The van der Waals surface area contributed by atoms with Gasteiger partial charge < -0.3 is 19.4 Å². The second-order valence-corrected chi connectivity index (χ2v) is 11.5. The van der Waals surface area contributed by atoms with Gasteiger partial charge in [0.15, 0.2) is 17.4 Å². The Labute approximate surface area is 264 Å². The highest BCUT2D eigenvalue weighted by molar-refractivity contribution is 7.17. The molecule has 6 rings (SSSR count). The molecule has 0 spiro atoms. The van der Waals surface area contributed by atoms with Crippen molar-refractivity contribution in [2.24, 2.45) is 0 Å². The molecule has 0 radical (unpaired) electrons. The number of carbonyl (C=O) groups excluding carboxylic acids is 2. The molecule has 3 heterocycles. The minimum atomic E-state index is -5.08. The Kier molecular flexibility index (Phi) is 8.19. The van der Waals surface area contributed by atoms with E-state index in [0.29, 0.717) is 27.8 Å². The third kappa shape index (κ3) is 6.14.